The zero-order chi connectivity index (χ0) is 19.8. The highest BCUT2D eigenvalue weighted by atomic mass is 16.6. The van der Waals surface area contributed by atoms with E-state index in [-0.39, 0.29) is 12.8 Å². The molecule has 0 saturated heterocycles. The molecule has 0 radical (unpaired) electrons. The number of carbonyl (C=O) groups excluding carboxylic acids is 1. The van der Waals surface area contributed by atoms with Crippen molar-refractivity contribution in [3.63, 3.8) is 0 Å². The van der Waals surface area contributed by atoms with Gasteiger partial charge in [0.15, 0.2) is 6.10 Å². The fourth-order valence-electron chi connectivity index (χ4n) is 2.34. The molecule has 0 heterocycles. The smallest absolute Gasteiger partial charge is 0.332 e. The van der Waals surface area contributed by atoms with E-state index >= 15 is 0 Å². The summed E-state index contributed by atoms with van der Waals surface area (Å²) in [7, 11) is 11.3. The van der Waals surface area contributed by atoms with Gasteiger partial charge in [-0.1, -0.05) is 0 Å². The minimum Gasteiger partial charge on any atom is -0.481 e. The molecule has 0 aromatic heterocycles. The number of aliphatic carboxylic acids is 2. The Morgan fingerprint density at radius 3 is 1.60 bits per heavy atom. The van der Waals surface area contributed by atoms with E-state index in [2.05, 4.69) is 0 Å². The fraction of sp³-hybridized carbons (Fsp3) is 0.812. The monoisotopic (exact) mass is 364 g/mol. The lowest BCUT2D eigenvalue weighted by Crippen LogP contribution is -2.45. The van der Waals surface area contributed by atoms with E-state index in [0.717, 1.165) is 0 Å². The molecule has 9 nitrogen and oxygen atoms in total. The number of quaternary nitrogens is 2. The van der Waals surface area contributed by atoms with E-state index in [1.807, 2.05) is 42.3 Å². The Morgan fingerprint density at radius 2 is 1.20 bits per heavy atom. The van der Waals surface area contributed by atoms with Gasteiger partial charge in [0.2, 0.25) is 0 Å². The first kappa shape index (κ1) is 23.3. The Bertz CT molecular complexity index is 466. The number of nitrogens with zero attached hydrogens (tertiary/aromatic N) is 2. The molecule has 0 aliphatic rings. The summed E-state index contributed by atoms with van der Waals surface area (Å²) in [5.41, 5.74) is 0. The normalized spacial score (nSPS) is 14.6. The maximum absolute atomic E-state index is 12.0. The summed E-state index contributed by atoms with van der Waals surface area (Å²) in [6.07, 6.45) is -1.93. The predicted octanol–water partition coefficient (Wildman–Crippen LogP) is -0.355. The van der Waals surface area contributed by atoms with Crippen molar-refractivity contribution < 1.29 is 43.0 Å². The Morgan fingerprint density at radius 1 is 0.800 bits per heavy atom. The lowest BCUT2D eigenvalue weighted by atomic mass is 10.2. The molecule has 0 aliphatic carbocycles. The molecule has 0 amide bonds. The van der Waals surface area contributed by atoms with Gasteiger partial charge in [0.05, 0.1) is 55.1 Å². The third-order valence-corrected chi connectivity index (χ3v) is 3.04. The molecule has 2 unspecified atom stereocenters. The van der Waals surface area contributed by atoms with E-state index < -0.39 is 36.7 Å². The van der Waals surface area contributed by atoms with Crippen LogP contribution in [0.5, 0.6) is 0 Å². The second-order valence-electron chi connectivity index (χ2n) is 8.19. The van der Waals surface area contributed by atoms with E-state index in [4.69, 9.17) is 19.7 Å². The van der Waals surface area contributed by atoms with Crippen LogP contribution in [0.15, 0.2) is 0 Å². The summed E-state index contributed by atoms with van der Waals surface area (Å²) in [6.45, 7) is 0.345. The van der Waals surface area contributed by atoms with Gasteiger partial charge in [0.1, 0.15) is 25.8 Å². The van der Waals surface area contributed by atoms with Gasteiger partial charge in [0, 0.05) is 0 Å². The molecule has 0 aliphatic heterocycles. The molecule has 0 bridgehead atoms. The number of ether oxygens (including phenoxy) is 2. The highest BCUT2D eigenvalue weighted by Gasteiger charge is 2.27. The van der Waals surface area contributed by atoms with E-state index in [9.17, 15) is 14.4 Å². The van der Waals surface area contributed by atoms with Gasteiger partial charge >= 0.3 is 17.9 Å². The van der Waals surface area contributed by atoms with Gasteiger partial charge in [-0.2, -0.15) is 0 Å². The quantitative estimate of drug-likeness (QED) is 0.360. The first-order valence-corrected chi connectivity index (χ1v) is 8.03. The number of carboxylic acid groups (broad SMARTS) is 2. The number of hydrogen-bond acceptors (Lipinski definition) is 5. The number of hydrogen-bond donors (Lipinski definition) is 2. The molecule has 25 heavy (non-hydrogen) atoms. The van der Waals surface area contributed by atoms with Crippen molar-refractivity contribution in [2.24, 2.45) is 0 Å². The summed E-state index contributed by atoms with van der Waals surface area (Å²) in [4.78, 5) is 33.8. The zero-order valence-electron chi connectivity index (χ0n) is 16.0. The minimum absolute atomic E-state index is 0.222. The average Bonchev–Trinajstić information content (AvgIpc) is 2.30. The first-order chi connectivity index (χ1) is 11.2. The maximum atomic E-state index is 12.0. The van der Waals surface area contributed by atoms with Crippen molar-refractivity contribution >= 4 is 17.9 Å². The number of likely N-dealkylation sites (N-methyl/N-ethyl adjacent to an activating group) is 2. The maximum Gasteiger partial charge on any atom is 0.332 e. The molecule has 9 heteroatoms. The van der Waals surface area contributed by atoms with Crippen molar-refractivity contribution in [3.05, 3.63) is 0 Å². The largest absolute Gasteiger partial charge is 0.481 e. The third-order valence-electron chi connectivity index (χ3n) is 3.04. The molecule has 146 valence electrons. The van der Waals surface area contributed by atoms with Crippen molar-refractivity contribution in [1.82, 2.24) is 0 Å². The highest BCUT2D eigenvalue weighted by molar-refractivity contribution is 5.72. The molecular weight excluding hydrogens is 332 g/mol. The van der Waals surface area contributed by atoms with Gasteiger partial charge in [0.25, 0.3) is 0 Å². The average molecular weight is 364 g/mol. The van der Waals surface area contributed by atoms with Crippen LogP contribution in [0.1, 0.15) is 12.8 Å². The minimum atomic E-state index is -1.05. The van der Waals surface area contributed by atoms with Crippen LogP contribution in [0.3, 0.4) is 0 Å². The Kier molecular flexibility index (Phi) is 9.03. The van der Waals surface area contributed by atoms with E-state index in [0.29, 0.717) is 22.1 Å². The predicted molar refractivity (Wildman–Crippen MR) is 89.9 cm³/mol. The van der Waals surface area contributed by atoms with Gasteiger partial charge < -0.3 is 28.7 Å². The molecule has 0 aromatic rings. The standard InChI is InChI=1S/C16H30N2O7/c1-17(2,3)9-12(7-14(19)20)24-11-16(23)25-13(8-15(21)22)10-18(4,5)6/h12-13H,7-11H2,1-6H3/p+2. The van der Waals surface area contributed by atoms with Gasteiger partial charge in [-0.05, 0) is 0 Å². The number of carbonyl (C=O) groups is 3. The highest BCUT2D eigenvalue weighted by Crippen LogP contribution is 2.08. The third kappa shape index (κ3) is 14.3. The Hall–Kier alpha value is -1.71. The molecule has 0 fully saturated rings. The summed E-state index contributed by atoms with van der Waals surface area (Å²) >= 11 is 0. The zero-order valence-corrected chi connectivity index (χ0v) is 16.0. The molecule has 2 N–H and O–H groups in total. The fourth-order valence-corrected chi connectivity index (χ4v) is 2.34. The van der Waals surface area contributed by atoms with Crippen molar-refractivity contribution in [3.8, 4) is 0 Å². The van der Waals surface area contributed by atoms with Crippen LogP contribution < -0.4 is 0 Å². The van der Waals surface area contributed by atoms with E-state index in [1.54, 1.807) is 0 Å². The topological polar surface area (TPSA) is 110 Å². The van der Waals surface area contributed by atoms with Gasteiger partial charge in [-0.15, -0.1) is 0 Å². The van der Waals surface area contributed by atoms with Gasteiger partial charge in [-0.25, -0.2) is 4.79 Å². The van der Waals surface area contributed by atoms with Crippen LogP contribution in [0.4, 0.5) is 0 Å². The van der Waals surface area contributed by atoms with Crippen LogP contribution >= 0.6 is 0 Å². The molecule has 0 saturated carbocycles. The Labute approximate surface area is 148 Å². The molecule has 0 rings (SSSR count). The SMILES string of the molecule is C[N+](C)(C)CC(CC(=O)O)OCC(=O)OC(CC(=O)O)C[N+](C)(C)C. The van der Waals surface area contributed by atoms with Crippen molar-refractivity contribution in [2.75, 3.05) is 62.0 Å². The first-order valence-electron chi connectivity index (χ1n) is 8.03. The van der Waals surface area contributed by atoms with Crippen LogP contribution in [-0.4, -0.2) is 111 Å². The molecule has 0 spiro atoms. The summed E-state index contributed by atoms with van der Waals surface area (Å²) in [5, 5.41) is 17.9. The second-order valence-corrected chi connectivity index (χ2v) is 8.19. The Balaban J connectivity index is 4.68. The summed E-state index contributed by atoms with van der Waals surface area (Å²) in [6, 6.07) is 0. The second kappa shape index (κ2) is 9.69. The summed E-state index contributed by atoms with van der Waals surface area (Å²) < 4.78 is 11.5. The van der Waals surface area contributed by atoms with Crippen LogP contribution in [0, 0.1) is 0 Å². The van der Waals surface area contributed by atoms with Crippen LogP contribution in [-0.2, 0) is 23.9 Å². The van der Waals surface area contributed by atoms with Crippen molar-refractivity contribution in [1.29, 1.82) is 0 Å². The van der Waals surface area contributed by atoms with E-state index in [1.165, 1.54) is 0 Å². The number of rotatable bonds is 12. The van der Waals surface area contributed by atoms with Crippen molar-refractivity contribution in [2.45, 2.75) is 25.0 Å². The molecular formula is C16H32N2O7+2. The molecule has 2 atom stereocenters. The van der Waals surface area contributed by atoms with Gasteiger partial charge in [-0.3, -0.25) is 9.59 Å². The lowest BCUT2D eigenvalue weighted by Gasteiger charge is -2.29. The van der Waals surface area contributed by atoms with Crippen LogP contribution in [0.2, 0.25) is 0 Å². The molecule has 0 aromatic carbocycles. The number of esters is 1. The summed E-state index contributed by atoms with van der Waals surface area (Å²) in [5.74, 6) is -2.77. The number of carboxylic acids is 2. The van der Waals surface area contributed by atoms with Crippen LogP contribution in [0.25, 0.3) is 0 Å². The lowest BCUT2D eigenvalue weighted by molar-refractivity contribution is -0.873.